The molecule has 0 bridgehead atoms. The number of carboxylic acid groups (broad SMARTS) is 1. The van der Waals surface area contributed by atoms with Crippen LogP contribution in [0.15, 0.2) is 41.8 Å². The number of aliphatic carboxylic acids is 1. The minimum Gasteiger partial charge on any atom is -0.481 e. The summed E-state index contributed by atoms with van der Waals surface area (Å²) in [4.78, 5) is 23.4. The van der Waals surface area contributed by atoms with Crippen molar-refractivity contribution in [2.75, 3.05) is 19.6 Å². The highest BCUT2D eigenvalue weighted by Gasteiger charge is 2.42. The van der Waals surface area contributed by atoms with E-state index < -0.39 is 27.3 Å². The Labute approximate surface area is 147 Å². The van der Waals surface area contributed by atoms with Gasteiger partial charge in [-0.2, -0.15) is 4.31 Å². The number of rotatable bonds is 6. The zero-order valence-electron chi connectivity index (χ0n) is 14.1. The van der Waals surface area contributed by atoms with Crippen molar-refractivity contribution in [3.8, 4) is 0 Å². The van der Waals surface area contributed by atoms with Gasteiger partial charge in [-0.3, -0.25) is 9.59 Å². The summed E-state index contributed by atoms with van der Waals surface area (Å²) < 4.78 is 26.9. The van der Waals surface area contributed by atoms with E-state index in [0.717, 1.165) is 0 Å². The summed E-state index contributed by atoms with van der Waals surface area (Å²) in [7, 11) is -3.87. The number of hydrogen-bond donors (Lipinski definition) is 2. The van der Waals surface area contributed by atoms with Gasteiger partial charge in [0.15, 0.2) is 0 Å². The maximum absolute atomic E-state index is 12.9. The van der Waals surface area contributed by atoms with Gasteiger partial charge in [-0.1, -0.05) is 12.1 Å². The fourth-order valence-corrected chi connectivity index (χ4v) is 4.44. The Bertz CT molecular complexity index is 790. The highest BCUT2D eigenvalue weighted by atomic mass is 32.2. The Morgan fingerprint density at radius 1 is 1.44 bits per heavy atom. The second kappa shape index (κ2) is 7.37. The van der Waals surface area contributed by atoms with E-state index in [2.05, 4.69) is 11.9 Å². The van der Waals surface area contributed by atoms with Crippen molar-refractivity contribution in [1.82, 2.24) is 9.62 Å². The molecule has 0 aliphatic carbocycles. The fourth-order valence-electron chi connectivity index (χ4n) is 2.79. The molecule has 8 heteroatoms. The Hall–Kier alpha value is -2.19. The molecule has 136 valence electrons. The first-order valence-corrected chi connectivity index (χ1v) is 9.37. The van der Waals surface area contributed by atoms with Crippen molar-refractivity contribution in [3.05, 3.63) is 42.5 Å². The largest absolute Gasteiger partial charge is 0.481 e. The number of piperidine rings is 1. The first-order valence-electron chi connectivity index (χ1n) is 7.93. The molecule has 1 aromatic carbocycles. The molecule has 1 amide bonds. The third-order valence-corrected chi connectivity index (χ3v) is 6.16. The number of sulfonamides is 1. The molecule has 0 unspecified atom stereocenters. The van der Waals surface area contributed by atoms with Gasteiger partial charge in [-0.15, -0.1) is 6.58 Å². The van der Waals surface area contributed by atoms with E-state index in [1.54, 1.807) is 6.92 Å². The number of benzene rings is 1. The monoisotopic (exact) mass is 366 g/mol. The summed E-state index contributed by atoms with van der Waals surface area (Å²) >= 11 is 0. The van der Waals surface area contributed by atoms with Crippen LogP contribution in [0.3, 0.4) is 0 Å². The number of carbonyl (C=O) groups excluding carboxylic acids is 1. The molecular weight excluding hydrogens is 344 g/mol. The molecule has 1 heterocycles. The molecule has 0 aromatic heterocycles. The predicted octanol–water partition coefficient (Wildman–Crippen LogP) is 1.48. The van der Waals surface area contributed by atoms with E-state index in [1.807, 2.05) is 0 Å². The van der Waals surface area contributed by atoms with Gasteiger partial charge in [0.05, 0.1) is 10.3 Å². The van der Waals surface area contributed by atoms with Crippen molar-refractivity contribution >= 4 is 21.9 Å². The molecule has 0 saturated carbocycles. The normalized spacial score (nSPS) is 21.5. The first-order chi connectivity index (χ1) is 11.7. The van der Waals surface area contributed by atoms with Gasteiger partial charge < -0.3 is 10.4 Å². The molecule has 25 heavy (non-hydrogen) atoms. The minimum absolute atomic E-state index is 0.0200. The highest BCUT2D eigenvalue weighted by Crippen LogP contribution is 2.32. The fraction of sp³-hybridized carbons (Fsp3) is 0.412. The lowest BCUT2D eigenvalue weighted by molar-refractivity contribution is -0.150. The Morgan fingerprint density at radius 2 is 2.16 bits per heavy atom. The van der Waals surface area contributed by atoms with Crippen molar-refractivity contribution in [2.24, 2.45) is 5.41 Å². The van der Waals surface area contributed by atoms with Gasteiger partial charge in [-0.05, 0) is 38.0 Å². The molecule has 7 nitrogen and oxygen atoms in total. The van der Waals surface area contributed by atoms with Crippen LogP contribution in [-0.4, -0.2) is 49.3 Å². The quantitative estimate of drug-likeness (QED) is 0.742. The Morgan fingerprint density at radius 3 is 2.80 bits per heavy atom. The second-order valence-electron chi connectivity index (χ2n) is 6.33. The molecule has 1 aliphatic rings. The van der Waals surface area contributed by atoms with E-state index in [-0.39, 0.29) is 30.1 Å². The summed E-state index contributed by atoms with van der Waals surface area (Å²) in [5.74, 6) is -1.41. The van der Waals surface area contributed by atoms with Crippen LogP contribution in [0.1, 0.15) is 30.1 Å². The highest BCUT2D eigenvalue weighted by molar-refractivity contribution is 7.89. The number of carbonyl (C=O) groups is 2. The van der Waals surface area contributed by atoms with Gasteiger partial charge in [0.2, 0.25) is 10.0 Å². The molecule has 1 atom stereocenters. The number of hydrogen-bond acceptors (Lipinski definition) is 4. The third-order valence-electron chi connectivity index (χ3n) is 4.32. The molecule has 2 rings (SSSR count). The Kier molecular flexibility index (Phi) is 5.64. The molecule has 0 spiro atoms. The molecule has 1 aliphatic heterocycles. The van der Waals surface area contributed by atoms with Crippen LogP contribution >= 0.6 is 0 Å². The number of amides is 1. The van der Waals surface area contributed by atoms with Crippen LogP contribution in [0.25, 0.3) is 0 Å². The van der Waals surface area contributed by atoms with Gasteiger partial charge in [-0.25, -0.2) is 8.42 Å². The van der Waals surface area contributed by atoms with Crippen LogP contribution < -0.4 is 5.32 Å². The average Bonchev–Trinajstić information content (AvgIpc) is 2.59. The summed E-state index contributed by atoms with van der Waals surface area (Å²) in [6, 6.07) is 5.73. The topological polar surface area (TPSA) is 104 Å². The summed E-state index contributed by atoms with van der Waals surface area (Å²) in [6.07, 6.45) is 2.43. The standard InChI is InChI=1S/C17H22N2O5S/c1-3-9-18-15(20)13-6-4-7-14(11-13)25(23,24)19-10-5-8-17(2,12-19)16(21)22/h3-4,6-7,11H,1,5,8-10,12H2,2H3,(H,18,20)(H,21,22)/t17-/m0/s1. The molecular formula is C17H22N2O5S. The van der Waals surface area contributed by atoms with Crippen molar-refractivity contribution in [1.29, 1.82) is 0 Å². The molecule has 1 saturated heterocycles. The maximum Gasteiger partial charge on any atom is 0.310 e. The van der Waals surface area contributed by atoms with Crippen molar-refractivity contribution in [3.63, 3.8) is 0 Å². The van der Waals surface area contributed by atoms with E-state index in [0.29, 0.717) is 12.8 Å². The summed E-state index contributed by atoms with van der Waals surface area (Å²) in [6.45, 7) is 5.51. The van der Waals surface area contributed by atoms with Gasteiger partial charge in [0.1, 0.15) is 0 Å². The molecule has 1 fully saturated rings. The zero-order valence-corrected chi connectivity index (χ0v) is 14.9. The predicted molar refractivity (Wildman–Crippen MR) is 92.7 cm³/mol. The van der Waals surface area contributed by atoms with E-state index in [9.17, 15) is 23.1 Å². The maximum atomic E-state index is 12.9. The van der Waals surface area contributed by atoms with Gasteiger partial charge in [0.25, 0.3) is 5.91 Å². The average molecular weight is 366 g/mol. The van der Waals surface area contributed by atoms with Crippen LogP contribution in [0.2, 0.25) is 0 Å². The van der Waals surface area contributed by atoms with E-state index >= 15 is 0 Å². The lowest BCUT2D eigenvalue weighted by atomic mass is 9.83. The molecule has 0 radical (unpaired) electrons. The van der Waals surface area contributed by atoms with Crippen LogP contribution in [0.5, 0.6) is 0 Å². The number of carboxylic acids is 1. The van der Waals surface area contributed by atoms with Gasteiger partial charge in [0, 0.05) is 25.2 Å². The van der Waals surface area contributed by atoms with Crippen molar-refractivity contribution in [2.45, 2.75) is 24.7 Å². The van der Waals surface area contributed by atoms with Crippen LogP contribution in [-0.2, 0) is 14.8 Å². The zero-order chi connectivity index (χ0) is 18.7. The lowest BCUT2D eigenvalue weighted by Crippen LogP contribution is -2.48. The minimum atomic E-state index is -3.87. The second-order valence-corrected chi connectivity index (χ2v) is 8.27. The third kappa shape index (κ3) is 4.08. The smallest absolute Gasteiger partial charge is 0.310 e. The van der Waals surface area contributed by atoms with Gasteiger partial charge >= 0.3 is 5.97 Å². The number of nitrogens with zero attached hydrogens (tertiary/aromatic N) is 1. The number of nitrogens with one attached hydrogen (secondary N) is 1. The van der Waals surface area contributed by atoms with Crippen molar-refractivity contribution < 1.29 is 23.1 Å². The van der Waals surface area contributed by atoms with Crippen LogP contribution in [0, 0.1) is 5.41 Å². The van der Waals surface area contributed by atoms with E-state index in [4.69, 9.17) is 0 Å². The van der Waals surface area contributed by atoms with E-state index in [1.165, 1.54) is 34.6 Å². The molecule has 2 N–H and O–H groups in total. The lowest BCUT2D eigenvalue weighted by Gasteiger charge is -2.36. The summed E-state index contributed by atoms with van der Waals surface area (Å²) in [5.41, 5.74) is -0.884. The summed E-state index contributed by atoms with van der Waals surface area (Å²) in [5, 5.41) is 12.0. The molecule has 1 aromatic rings. The first kappa shape index (κ1) is 19.1. The Balaban J connectivity index is 2.29. The van der Waals surface area contributed by atoms with Crippen LogP contribution in [0.4, 0.5) is 0 Å². The SMILES string of the molecule is C=CCNC(=O)c1cccc(S(=O)(=O)N2CCC[C@](C)(C(=O)O)C2)c1.